The summed E-state index contributed by atoms with van der Waals surface area (Å²) in [6, 6.07) is 11.9. The highest BCUT2D eigenvalue weighted by Gasteiger charge is 2.11. The second-order valence-electron chi connectivity index (χ2n) is 5.73. The second kappa shape index (κ2) is 8.37. The van der Waals surface area contributed by atoms with E-state index in [1.54, 1.807) is 36.4 Å². The van der Waals surface area contributed by atoms with E-state index in [4.69, 9.17) is 16.7 Å². The zero-order valence-corrected chi connectivity index (χ0v) is 15.0. The molecule has 0 bridgehead atoms. The van der Waals surface area contributed by atoms with E-state index in [0.29, 0.717) is 27.8 Å². The molecule has 0 aliphatic carbocycles. The first-order valence-corrected chi connectivity index (χ1v) is 8.56. The van der Waals surface area contributed by atoms with Gasteiger partial charge in [0, 0.05) is 23.9 Å². The van der Waals surface area contributed by atoms with Gasteiger partial charge >= 0.3 is 5.97 Å². The molecule has 2 aromatic carbocycles. The van der Waals surface area contributed by atoms with Crippen LogP contribution in [0, 0.1) is 0 Å². The lowest BCUT2D eigenvalue weighted by Crippen LogP contribution is -2.26. The smallest absolute Gasteiger partial charge is 0.328 e. The number of amides is 1. The Morgan fingerprint density at radius 3 is 2.78 bits per heavy atom. The van der Waals surface area contributed by atoms with Crippen molar-refractivity contribution in [1.29, 1.82) is 0 Å². The van der Waals surface area contributed by atoms with Gasteiger partial charge in [-0.15, -0.1) is 0 Å². The molecular weight excluding hydrogens is 368 g/mol. The van der Waals surface area contributed by atoms with Crippen molar-refractivity contribution in [1.82, 2.24) is 5.32 Å². The van der Waals surface area contributed by atoms with Crippen LogP contribution in [0.1, 0.15) is 15.9 Å². The normalized spacial score (nSPS) is 13.1. The molecule has 0 saturated carbocycles. The van der Waals surface area contributed by atoms with Gasteiger partial charge in [0.25, 0.3) is 5.91 Å². The summed E-state index contributed by atoms with van der Waals surface area (Å²) < 4.78 is 0. The van der Waals surface area contributed by atoms with Crippen molar-refractivity contribution in [3.63, 3.8) is 0 Å². The van der Waals surface area contributed by atoms with Crippen molar-refractivity contribution < 1.29 is 14.7 Å². The monoisotopic (exact) mass is 384 g/mol. The molecule has 0 aromatic heterocycles. The van der Waals surface area contributed by atoms with Crippen molar-refractivity contribution in [2.24, 2.45) is 4.99 Å². The SMILES string of the molecule is O=C(O)/C=C/c1ccc(NC(=O)c2cccc(NC3=NCCN3)c2)c(Cl)c1. The maximum atomic E-state index is 12.5. The van der Waals surface area contributed by atoms with Crippen LogP contribution in [0.2, 0.25) is 5.02 Å². The maximum Gasteiger partial charge on any atom is 0.328 e. The lowest BCUT2D eigenvalue weighted by molar-refractivity contribution is -0.131. The predicted octanol–water partition coefficient (Wildman–Crippen LogP) is 3.06. The number of aliphatic imine (C=N–C) groups is 1. The molecule has 1 aliphatic rings. The van der Waals surface area contributed by atoms with Crippen molar-refractivity contribution in [2.75, 3.05) is 23.7 Å². The highest BCUT2D eigenvalue weighted by Crippen LogP contribution is 2.24. The Morgan fingerprint density at radius 2 is 2.07 bits per heavy atom. The fraction of sp³-hybridized carbons (Fsp3) is 0.105. The van der Waals surface area contributed by atoms with Crippen LogP contribution < -0.4 is 16.0 Å². The number of aliphatic carboxylic acids is 1. The zero-order valence-electron chi connectivity index (χ0n) is 14.2. The Balaban J connectivity index is 1.70. The Bertz CT molecular complexity index is 940. The van der Waals surface area contributed by atoms with Gasteiger partial charge in [0.1, 0.15) is 0 Å². The number of carbonyl (C=O) groups is 2. The highest BCUT2D eigenvalue weighted by atomic mass is 35.5. The summed E-state index contributed by atoms with van der Waals surface area (Å²) >= 11 is 6.19. The van der Waals surface area contributed by atoms with Crippen LogP contribution in [0.15, 0.2) is 53.5 Å². The number of benzene rings is 2. The third kappa shape index (κ3) is 5.08. The lowest BCUT2D eigenvalue weighted by atomic mass is 10.1. The van der Waals surface area contributed by atoms with Gasteiger partial charge in [-0.25, -0.2) is 4.79 Å². The third-order valence-electron chi connectivity index (χ3n) is 3.72. The van der Waals surface area contributed by atoms with Gasteiger partial charge in [-0.1, -0.05) is 23.7 Å². The average Bonchev–Trinajstić information content (AvgIpc) is 3.15. The van der Waals surface area contributed by atoms with E-state index in [2.05, 4.69) is 20.9 Å². The number of rotatable bonds is 5. The van der Waals surface area contributed by atoms with Crippen LogP contribution in [0.4, 0.5) is 11.4 Å². The van der Waals surface area contributed by atoms with Gasteiger partial charge in [0.2, 0.25) is 0 Å². The molecule has 1 amide bonds. The van der Waals surface area contributed by atoms with Gasteiger partial charge in [0.05, 0.1) is 17.3 Å². The number of hydrogen-bond acceptors (Lipinski definition) is 5. The molecule has 8 heteroatoms. The largest absolute Gasteiger partial charge is 0.478 e. The Hall–Kier alpha value is -3.32. The number of guanidine groups is 1. The van der Waals surface area contributed by atoms with Gasteiger partial charge in [-0.2, -0.15) is 0 Å². The number of nitrogens with zero attached hydrogens (tertiary/aromatic N) is 1. The van der Waals surface area contributed by atoms with Gasteiger partial charge in [0.15, 0.2) is 5.96 Å². The van der Waals surface area contributed by atoms with Crippen molar-refractivity contribution >= 4 is 46.9 Å². The molecule has 1 aliphatic heterocycles. The quantitative estimate of drug-likeness (QED) is 0.593. The van der Waals surface area contributed by atoms with E-state index in [1.165, 1.54) is 6.08 Å². The molecule has 138 valence electrons. The minimum atomic E-state index is -1.05. The minimum Gasteiger partial charge on any atom is -0.478 e. The fourth-order valence-corrected chi connectivity index (χ4v) is 2.69. The van der Waals surface area contributed by atoms with Gasteiger partial charge in [-0.05, 0) is 42.0 Å². The Labute approximate surface area is 160 Å². The molecular formula is C19H17ClN4O3. The molecule has 27 heavy (non-hydrogen) atoms. The summed E-state index contributed by atoms with van der Waals surface area (Å²) in [6.07, 6.45) is 2.45. The summed E-state index contributed by atoms with van der Waals surface area (Å²) in [6.45, 7) is 1.51. The first kappa shape index (κ1) is 18.5. The van der Waals surface area contributed by atoms with Crippen LogP contribution in [-0.2, 0) is 4.79 Å². The van der Waals surface area contributed by atoms with Crippen molar-refractivity contribution in [2.45, 2.75) is 0 Å². The highest BCUT2D eigenvalue weighted by molar-refractivity contribution is 6.34. The standard InChI is InChI=1S/C19H17ClN4O3/c20-15-10-12(5-7-17(25)26)4-6-16(15)24-18(27)13-2-1-3-14(11-13)23-19-21-8-9-22-19/h1-7,10-11H,8-9H2,(H,24,27)(H,25,26)(H2,21,22,23)/b7-5+. The number of carboxylic acid groups (broad SMARTS) is 1. The number of hydrogen-bond donors (Lipinski definition) is 4. The van der Waals surface area contributed by atoms with Crippen LogP contribution >= 0.6 is 11.6 Å². The Kier molecular flexibility index (Phi) is 5.73. The molecule has 0 saturated heterocycles. The molecule has 0 fully saturated rings. The van der Waals surface area contributed by atoms with Gasteiger partial charge in [-0.3, -0.25) is 9.79 Å². The average molecular weight is 385 g/mol. The fourth-order valence-electron chi connectivity index (χ4n) is 2.45. The maximum absolute atomic E-state index is 12.5. The molecule has 1 heterocycles. The van der Waals surface area contributed by atoms with Crippen LogP contribution in [0.25, 0.3) is 6.08 Å². The predicted molar refractivity (Wildman–Crippen MR) is 106 cm³/mol. The van der Waals surface area contributed by atoms with Gasteiger partial charge < -0.3 is 21.1 Å². The zero-order chi connectivity index (χ0) is 19.2. The summed E-state index contributed by atoms with van der Waals surface area (Å²) in [5, 5.41) is 18.0. The van der Waals surface area contributed by atoms with E-state index in [-0.39, 0.29) is 5.91 Å². The minimum absolute atomic E-state index is 0.310. The topological polar surface area (TPSA) is 103 Å². The van der Waals surface area contributed by atoms with E-state index in [0.717, 1.165) is 24.9 Å². The number of carbonyl (C=O) groups excluding carboxylic acids is 1. The molecule has 0 unspecified atom stereocenters. The van der Waals surface area contributed by atoms with Crippen LogP contribution in [-0.4, -0.2) is 36.0 Å². The van der Waals surface area contributed by atoms with E-state index < -0.39 is 5.97 Å². The molecule has 0 radical (unpaired) electrons. The number of carboxylic acids is 1. The van der Waals surface area contributed by atoms with Crippen LogP contribution in [0.3, 0.4) is 0 Å². The van der Waals surface area contributed by atoms with Crippen LogP contribution in [0.5, 0.6) is 0 Å². The Morgan fingerprint density at radius 1 is 1.22 bits per heavy atom. The second-order valence-corrected chi connectivity index (χ2v) is 6.14. The summed E-state index contributed by atoms with van der Waals surface area (Å²) in [5.74, 6) is -0.674. The molecule has 2 aromatic rings. The number of halogens is 1. The molecule has 3 rings (SSSR count). The first-order chi connectivity index (χ1) is 13.0. The number of anilines is 2. The van der Waals surface area contributed by atoms with E-state index in [9.17, 15) is 9.59 Å². The lowest BCUT2D eigenvalue weighted by Gasteiger charge is -2.10. The molecule has 7 nitrogen and oxygen atoms in total. The van der Waals surface area contributed by atoms with E-state index >= 15 is 0 Å². The molecule has 0 spiro atoms. The molecule has 0 atom stereocenters. The number of nitrogens with one attached hydrogen (secondary N) is 3. The first-order valence-electron chi connectivity index (χ1n) is 8.18. The van der Waals surface area contributed by atoms with E-state index in [1.807, 2.05) is 6.07 Å². The van der Waals surface area contributed by atoms with Crippen molar-refractivity contribution in [3.8, 4) is 0 Å². The third-order valence-corrected chi connectivity index (χ3v) is 4.03. The molecule has 4 N–H and O–H groups in total. The summed E-state index contributed by atoms with van der Waals surface area (Å²) in [4.78, 5) is 27.3. The summed E-state index contributed by atoms with van der Waals surface area (Å²) in [7, 11) is 0. The van der Waals surface area contributed by atoms with Crippen molar-refractivity contribution in [3.05, 3.63) is 64.7 Å². The summed E-state index contributed by atoms with van der Waals surface area (Å²) in [5.41, 5.74) is 2.27.